The number of amides is 1. The zero-order valence-electron chi connectivity index (χ0n) is 17.6. The molecule has 3 heterocycles. The Morgan fingerprint density at radius 2 is 1.79 bits per heavy atom. The minimum Gasteiger partial charge on any atom is -0.497 e. The van der Waals surface area contributed by atoms with E-state index in [1.807, 2.05) is 30.6 Å². The lowest BCUT2D eigenvalue weighted by Crippen LogP contribution is -2.33. The summed E-state index contributed by atoms with van der Waals surface area (Å²) in [4.78, 5) is 17.6. The van der Waals surface area contributed by atoms with Crippen LogP contribution in [0.2, 0.25) is 0 Å². The van der Waals surface area contributed by atoms with Crippen LogP contribution in [-0.4, -0.2) is 54.1 Å². The SMILES string of the molecule is COc1ccc([C@@H]2[C@@H]3CN(C(=O)c4ccn(C(C)(C)C)c4)C[C@@H]3CN2C)cc1. The van der Waals surface area contributed by atoms with Gasteiger partial charge in [-0.05, 0) is 57.5 Å². The van der Waals surface area contributed by atoms with Crippen LogP contribution in [0.5, 0.6) is 5.75 Å². The van der Waals surface area contributed by atoms with Crippen LogP contribution in [-0.2, 0) is 5.54 Å². The number of hydrogen-bond acceptors (Lipinski definition) is 3. The predicted molar refractivity (Wildman–Crippen MR) is 111 cm³/mol. The first kappa shape index (κ1) is 19.1. The van der Waals surface area contributed by atoms with Gasteiger partial charge < -0.3 is 14.2 Å². The van der Waals surface area contributed by atoms with Crippen molar-refractivity contribution in [3.8, 4) is 5.75 Å². The summed E-state index contributed by atoms with van der Waals surface area (Å²) in [5, 5.41) is 0. The first-order chi connectivity index (χ1) is 13.3. The molecule has 0 unspecified atom stereocenters. The molecule has 0 bridgehead atoms. The molecule has 5 heteroatoms. The maximum absolute atomic E-state index is 13.1. The second-order valence-electron chi connectivity index (χ2n) is 9.27. The van der Waals surface area contributed by atoms with Crippen LogP contribution < -0.4 is 4.74 Å². The maximum Gasteiger partial charge on any atom is 0.255 e. The molecule has 1 aromatic heterocycles. The number of benzene rings is 1. The standard InChI is InChI=1S/C23H31N3O2/c1-23(2,3)26-11-10-17(14-26)22(27)25-13-18-12-24(4)21(20(18)15-25)16-6-8-19(28-5)9-7-16/h6-11,14,18,20-21H,12-13,15H2,1-5H3/t18-,20+,21+/m0/s1. The molecule has 0 N–H and O–H groups in total. The van der Waals surface area contributed by atoms with Crippen LogP contribution in [0.15, 0.2) is 42.7 Å². The predicted octanol–water partition coefficient (Wildman–Crippen LogP) is 3.63. The summed E-state index contributed by atoms with van der Waals surface area (Å²) in [5.41, 5.74) is 2.09. The summed E-state index contributed by atoms with van der Waals surface area (Å²) in [6, 6.07) is 10.7. The van der Waals surface area contributed by atoms with E-state index < -0.39 is 0 Å². The number of methoxy groups -OCH3 is 1. The summed E-state index contributed by atoms with van der Waals surface area (Å²) in [7, 11) is 3.89. The van der Waals surface area contributed by atoms with E-state index in [4.69, 9.17) is 4.74 Å². The fraction of sp³-hybridized carbons (Fsp3) is 0.522. The van der Waals surface area contributed by atoms with Crippen molar-refractivity contribution in [1.82, 2.24) is 14.4 Å². The molecule has 2 aliphatic heterocycles. The molecule has 2 aromatic rings. The molecule has 0 radical (unpaired) electrons. The number of likely N-dealkylation sites (tertiary alicyclic amines) is 2. The van der Waals surface area contributed by atoms with Crippen molar-refractivity contribution in [2.75, 3.05) is 33.8 Å². The van der Waals surface area contributed by atoms with Crippen LogP contribution in [0.4, 0.5) is 0 Å². The van der Waals surface area contributed by atoms with Gasteiger partial charge in [-0.25, -0.2) is 0 Å². The van der Waals surface area contributed by atoms with E-state index >= 15 is 0 Å². The van der Waals surface area contributed by atoms with Crippen molar-refractivity contribution < 1.29 is 9.53 Å². The van der Waals surface area contributed by atoms with E-state index in [1.54, 1.807) is 7.11 Å². The highest BCUT2D eigenvalue weighted by Gasteiger charge is 2.47. The lowest BCUT2D eigenvalue weighted by Gasteiger charge is -2.27. The van der Waals surface area contributed by atoms with Crippen molar-refractivity contribution in [2.24, 2.45) is 11.8 Å². The molecule has 0 aliphatic carbocycles. The molecule has 2 aliphatic rings. The Labute approximate surface area is 167 Å². The number of hydrogen-bond donors (Lipinski definition) is 0. The van der Waals surface area contributed by atoms with Gasteiger partial charge in [0.1, 0.15) is 5.75 Å². The average Bonchev–Trinajstić information content (AvgIpc) is 3.35. The molecule has 3 atom stereocenters. The van der Waals surface area contributed by atoms with Gasteiger partial charge in [0.05, 0.1) is 12.7 Å². The van der Waals surface area contributed by atoms with Gasteiger partial charge in [-0.1, -0.05) is 12.1 Å². The maximum atomic E-state index is 13.1. The average molecular weight is 382 g/mol. The molecule has 150 valence electrons. The van der Waals surface area contributed by atoms with E-state index in [0.29, 0.717) is 17.9 Å². The number of fused-ring (bicyclic) bond motifs is 1. The first-order valence-electron chi connectivity index (χ1n) is 10.1. The third kappa shape index (κ3) is 3.32. The van der Waals surface area contributed by atoms with Crippen molar-refractivity contribution in [1.29, 1.82) is 0 Å². The van der Waals surface area contributed by atoms with Crippen molar-refractivity contribution in [3.63, 3.8) is 0 Å². The number of rotatable bonds is 3. The Bertz CT molecular complexity index is 849. The van der Waals surface area contributed by atoms with Crippen molar-refractivity contribution in [3.05, 3.63) is 53.9 Å². The summed E-state index contributed by atoms with van der Waals surface area (Å²) in [6.45, 7) is 9.16. The molecular weight excluding hydrogens is 350 g/mol. The van der Waals surface area contributed by atoms with E-state index in [9.17, 15) is 4.79 Å². The minimum absolute atomic E-state index is 0.0117. The van der Waals surface area contributed by atoms with Gasteiger partial charge in [-0.3, -0.25) is 9.69 Å². The lowest BCUT2D eigenvalue weighted by molar-refractivity contribution is 0.0767. The second kappa shape index (κ2) is 6.96. The molecule has 5 nitrogen and oxygen atoms in total. The fourth-order valence-electron chi connectivity index (χ4n) is 4.85. The van der Waals surface area contributed by atoms with Crippen LogP contribution in [0.25, 0.3) is 0 Å². The van der Waals surface area contributed by atoms with Crippen molar-refractivity contribution >= 4 is 5.91 Å². The molecule has 1 aromatic carbocycles. The Balaban J connectivity index is 1.51. The number of nitrogens with zero attached hydrogens (tertiary/aromatic N) is 3. The van der Waals surface area contributed by atoms with E-state index in [0.717, 1.165) is 30.9 Å². The molecule has 0 spiro atoms. The lowest BCUT2D eigenvalue weighted by atomic mass is 9.89. The van der Waals surface area contributed by atoms with E-state index in [-0.39, 0.29) is 11.4 Å². The summed E-state index contributed by atoms with van der Waals surface area (Å²) < 4.78 is 7.42. The quantitative estimate of drug-likeness (QED) is 0.815. The highest BCUT2D eigenvalue weighted by molar-refractivity contribution is 5.94. The summed E-state index contributed by atoms with van der Waals surface area (Å²) in [5.74, 6) is 2.05. The van der Waals surface area contributed by atoms with Crippen LogP contribution in [0.3, 0.4) is 0 Å². The zero-order chi connectivity index (χ0) is 20.1. The molecule has 2 fully saturated rings. The number of aromatic nitrogens is 1. The Hall–Kier alpha value is -2.27. The van der Waals surface area contributed by atoms with E-state index in [2.05, 4.69) is 54.3 Å². The van der Waals surface area contributed by atoms with Gasteiger partial charge in [0.15, 0.2) is 0 Å². The highest BCUT2D eigenvalue weighted by Crippen LogP contribution is 2.44. The molecule has 2 saturated heterocycles. The van der Waals surface area contributed by atoms with E-state index in [1.165, 1.54) is 5.56 Å². The van der Waals surface area contributed by atoms with Crippen LogP contribution >= 0.6 is 0 Å². The molecule has 0 saturated carbocycles. The molecular formula is C23H31N3O2. The fourth-order valence-corrected chi connectivity index (χ4v) is 4.85. The largest absolute Gasteiger partial charge is 0.497 e. The highest BCUT2D eigenvalue weighted by atomic mass is 16.5. The van der Waals surface area contributed by atoms with Gasteiger partial charge in [-0.2, -0.15) is 0 Å². The topological polar surface area (TPSA) is 37.7 Å². The Kier molecular flexibility index (Phi) is 4.74. The summed E-state index contributed by atoms with van der Waals surface area (Å²) >= 11 is 0. The van der Waals surface area contributed by atoms with Gasteiger partial charge >= 0.3 is 0 Å². The Morgan fingerprint density at radius 1 is 1.07 bits per heavy atom. The number of carbonyl (C=O) groups is 1. The van der Waals surface area contributed by atoms with Crippen LogP contribution in [0.1, 0.15) is 42.7 Å². The van der Waals surface area contributed by atoms with Gasteiger partial charge in [0.2, 0.25) is 0 Å². The zero-order valence-corrected chi connectivity index (χ0v) is 17.6. The van der Waals surface area contributed by atoms with Crippen molar-refractivity contribution in [2.45, 2.75) is 32.4 Å². The molecule has 4 rings (SSSR count). The molecule has 1 amide bonds. The third-order valence-electron chi connectivity index (χ3n) is 6.35. The smallest absolute Gasteiger partial charge is 0.255 e. The monoisotopic (exact) mass is 381 g/mol. The number of carbonyl (C=O) groups excluding carboxylic acids is 1. The van der Waals surface area contributed by atoms with Gasteiger partial charge in [0, 0.05) is 49.5 Å². The minimum atomic E-state index is -0.0117. The third-order valence-corrected chi connectivity index (χ3v) is 6.35. The number of ether oxygens (including phenoxy) is 1. The van der Waals surface area contributed by atoms with Gasteiger partial charge in [0.25, 0.3) is 5.91 Å². The Morgan fingerprint density at radius 3 is 2.39 bits per heavy atom. The van der Waals surface area contributed by atoms with Gasteiger partial charge in [-0.15, -0.1) is 0 Å². The van der Waals surface area contributed by atoms with Crippen LogP contribution in [0, 0.1) is 11.8 Å². The summed E-state index contributed by atoms with van der Waals surface area (Å²) in [6.07, 6.45) is 4.00. The first-order valence-corrected chi connectivity index (χ1v) is 10.1. The second-order valence-corrected chi connectivity index (χ2v) is 9.27. The normalized spacial score (nSPS) is 25.2. The molecule has 28 heavy (non-hydrogen) atoms.